The molecule has 4 rings (SSSR count). The standard InChI is InChI=1S/C18H18N4O3/c1-24-8-9-25-16-3-2-14-17(22-16)11(4-6-19-14)15-10-12-13(21-15)5-7-20-18(12)23/h2-4,6,10,21H,5,7-9H2,1H3,(H,20,23). The minimum atomic E-state index is -0.0429. The summed E-state index contributed by atoms with van der Waals surface area (Å²) in [6, 6.07) is 7.44. The molecule has 0 fully saturated rings. The van der Waals surface area contributed by atoms with E-state index >= 15 is 0 Å². The highest BCUT2D eigenvalue weighted by Crippen LogP contribution is 2.29. The Labute approximate surface area is 144 Å². The quantitative estimate of drug-likeness (QED) is 0.694. The summed E-state index contributed by atoms with van der Waals surface area (Å²) in [6.45, 7) is 1.58. The third-order valence-corrected chi connectivity index (χ3v) is 4.19. The number of hydrogen-bond donors (Lipinski definition) is 2. The topological polar surface area (TPSA) is 89.1 Å². The van der Waals surface area contributed by atoms with Gasteiger partial charge in [-0.1, -0.05) is 0 Å². The molecule has 1 aliphatic heterocycles. The van der Waals surface area contributed by atoms with Crippen LogP contribution in [0.5, 0.6) is 5.88 Å². The highest BCUT2D eigenvalue weighted by molar-refractivity contribution is 5.99. The van der Waals surface area contributed by atoms with Crippen molar-refractivity contribution < 1.29 is 14.3 Å². The third kappa shape index (κ3) is 2.94. The lowest BCUT2D eigenvalue weighted by Gasteiger charge is -2.11. The van der Waals surface area contributed by atoms with E-state index in [-0.39, 0.29) is 5.91 Å². The maximum atomic E-state index is 12.0. The SMILES string of the molecule is COCCOc1ccc2nccc(-c3cc4c([nH]3)CCNC4=O)c2n1. The second-order valence-corrected chi connectivity index (χ2v) is 5.80. The van der Waals surface area contributed by atoms with Crippen LogP contribution in [0.2, 0.25) is 0 Å². The molecule has 0 aromatic carbocycles. The second-order valence-electron chi connectivity index (χ2n) is 5.80. The Hall–Kier alpha value is -2.93. The van der Waals surface area contributed by atoms with Crippen LogP contribution < -0.4 is 10.1 Å². The summed E-state index contributed by atoms with van der Waals surface area (Å²) in [5.41, 5.74) is 4.90. The summed E-state index contributed by atoms with van der Waals surface area (Å²) in [4.78, 5) is 24.3. The lowest BCUT2D eigenvalue weighted by atomic mass is 10.1. The molecule has 0 saturated carbocycles. The number of hydrogen-bond acceptors (Lipinski definition) is 5. The highest BCUT2D eigenvalue weighted by Gasteiger charge is 2.21. The molecule has 7 nitrogen and oxygen atoms in total. The summed E-state index contributed by atoms with van der Waals surface area (Å²) < 4.78 is 10.6. The number of rotatable bonds is 5. The molecule has 0 unspecified atom stereocenters. The molecular weight excluding hydrogens is 320 g/mol. The molecule has 7 heteroatoms. The van der Waals surface area contributed by atoms with Crippen molar-refractivity contribution in [3.8, 4) is 17.1 Å². The van der Waals surface area contributed by atoms with Crippen LogP contribution in [-0.2, 0) is 11.2 Å². The molecule has 1 amide bonds. The van der Waals surface area contributed by atoms with Gasteiger partial charge in [0.25, 0.3) is 5.91 Å². The van der Waals surface area contributed by atoms with Gasteiger partial charge in [0.2, 0.25) is 5.88 Å². The summed E-state index contributed by atoms with van der Waals surface area (Å²) in [6.07, 6.45) is 2.54. The molecule has 3 aromatic heterocycles. The number of amides is 1. The fourth-order valence-corrected chi connectivity index (χ4v) is 2.97. The number of pyridine rings is 2. The Bertz CT molecular complexity index is 935. The van der Waals surface area contributed by atoms with Gasteiger partial charge in [0.05, 0.1) is 17.7 Å². The number of nitrogens with one attached hydrogen (secondary N) is 2. The average Bonchev–Trinajstić information content (AvgIpc) is 3.07. The van der Waals surface area contributed by atoms with E-state index in [1.54, 1.807) is 19.4 Å². The average molecular weight is 338 g/mol. The van der Waals surface area contributed by atoms with Crippen molar-refractivity contribution in [1.82, 2.24) is 20.3 Å². The monoisotopic (exact) mass is 338 g/mol. The molecule has 128 valence electrons. The van der Waals surface area contributed by atoms with E-state index in [4.69, 9.17) is 9.47 Å². The summed E-state index contributed by atoms with van der Waals surface area (Å²) in [7, 11) is 1.63. The number of ether oxygens (including phenoxy) is 2. The molecule has 0 saturated heterocycles. The number of aromatic amines is 1. The van der Waals surface area contributed by atoms with Crippen LogP contribution in [0.3, 0.4) is 0 Å². The zero-order valence-electron chi connectivity index (χ0n) is 13.8. The number of fused-ring (bicyclic) bond motifs is 2. The van der Waals surface area contributed by atoms with E-state index in [1.165, 1.54) is 0 Å². The first-order valence-corrected chi connectivity index (χ1v) is 8.14. The number of carbonyl (C=O) groups excluding carboxylic acids is 1. The van der Waals surface area contributed by atoms with Gasteiger partial charge in [0.1, 0.15) is 12.1 Å². The molecule has 0 radical (unpaired) electrons. The highest BCUT2D eigenvalue weighted by atomic mass is 16.5. The van der Waals surface area contributed by atoms with Gasteiger partial charge in [-0.25, -0.2) is 4.98 Å². The van der Waals surface area contributed by atoms with Crippen molar-refractivity contribution in [2.45, 2.75) is 6.42 Å². The minimum absolute atomic E-state index is 0.0429. The van der Waals surface area contributed by atoms with Crippen LogP contribution in [0.15, 0.2) is 30.5 Å². The van der Waals surface area contributed by atoms with E-state index in [1.807, 2.05) is 18.2 Å². The molecule has 4 heterocycles. The van der Waals surface area contributed by atoms with Crippen molar-refractivity contribution in [1.29, 1.82) is 0 Å². The first-order chi connectivity index (χ1) is 12.3. The van der Waals surface area contributed by atoms with Crippen LogP contribution in [-0.4, -0.2) is 47.7 Å². The van der Waals surface area contributed by atoms with E-state index in [9.17, 15) is 4.79 Å². The lowest BCUT2D eigenvalue weighted by Crippen LogP contribution is -2.31. The van der Waals surface area contributed by atoms with Gasteiger partial charge in [-0.05, 0) is 18.2 Å². The number of H-pyrrole nitrogens is 1. The number of methoxy groups -OCH3 is 1. The van der Waals surface area contributed by atoms with Crippen molar-refractivity contribution >= 4 is 16.9 Å². The van der Waals surface area contributed by atoms with Crippen molar-refractivity contribution in [2.24, 2.45) is 0 Å². The molecule has 0 aliphatic carbocycles. The summed E-state index contributed by atoms with van der Waals surface area (Å²) >= 11 is 0. The van der Waals surface area contributed by atoms with Gasteiger partial charge in [-0.15, -0.1) is 0 Å². The van der Waals surface area contributed by atoms with Gasteiger partial charge >= 0.3 is 0 Å². The Kier molecular flexibility index (Phi) is 4.07. The molecule has 0 bridgehead atoms. The first kappa shape index (κ1) is 15.6. The maximum Gasteiger partial charge on any atom is 0.253 e. The zero-order valence-corrected chi connectivity index (χ0v) is 13.8. The Morgan fingerprint density at radius 3 is 2.96 bits per heavy atom. The van der Waals surface area contributed by atoms with Crippen LogP contribution in [0.25, 0.3) is 22.3 Å². The smallest absolute Gasteiger partial charge is 0.253 e. The van der Waals surface area contributed by atoms with Gasteiger partial charge in [0.15, 0.2) is 0 Å². The van der Waals surface area contributed by atoms with Crippen molar-refractivity contribution in [2.75, 3.05) is 26.9 Å². The molecule has 0 atom stereocenters. The molecule has 2 N–H and O–H groups in total. The fourth-order valence-electron chi connectivity index (χ4n) is 2.97. The number of nitrogens with zero attached hydrogens (tertiary/aromatic N) is 2. The Morgan fingerprint density at radius 1 is 1.20 bits per heavy atom. The van der Waals surface area contributed by atoms with E-state index in [2.05, 4.69) is 20.3 Å². The van der Waals surface area contributed by atoms with Crippen molar-refractivity contribution in [3.05, 3.63) is 41.7 Å². The lowest BCUT2D eigenvalue weighted by molar-refractivity contribution is 0.0946. The van der Waals surface area contributed by atoms with Crippen molar-refractivity contribution in [3.63, 3.8) is 0 Å². The second kappa shape index (κ2) is 6.52. The summed E-state index contributed by atoms with van der Waals surface area (Å²) in [5.74, 6) is 0.478. The van der Waals surface area contributed by atoms with Crippen LogP contribution >= 0.6 is 0 Å². The molecule has 25 heavy (non-hydrogen) atoms. The van der Waals surface area contributed by atoms with Gasteiger partial charge in [0, 0.05) is 49.3 Å². The van der Waals surface area contributed by atoms with Crippen LogP contribution in [0.1, 0.15) is 16.1 Å². The van der Waals surface area contributed by atoms with Gasteiger partial charge in [-0.2, -0.15) is 0 Å². The molecule has 3 aromatic rings. The predicted molar refractivity (Wildman–Crippen MR) is 92.7 cm³/mol. The Balaban J connectivity index is 1.76. The Morgan fingerprint density at radius 2 is 2.12 bits per heavy atom. The zero-order chi connectivity index (χ0) is 17.2. The maximum absolute atomic E-state index is 12.0. The normalized spacial score (nSPS) is 13.6. The number of aromatic nitrogens is 3. The van der Waals surface area contributed by atoms with E-state index < -0.39 is 0 Å². The first-order valence-electron chi connectivity index (χ1n) is 8.14. The van der Waals surface area contributed by atoms with E-state index in [0.29, 0.717) is 31.2 Å². The van der Waals surface area contributed by atoms with E-state index in [0.717, 1.165) is 34.4 Å². The minimum Gasteiger partial charge on any atom is -0.475 e. The molecular formula is C18H18N4O3. The summed E-state index contributed by atoms with van der Waals surface area (Å²) in [5, 5.41) is 2.86. The molecule has 1 aliphatic rings. The van der Waals surface area contributed by atoms with Crippen LogP contribution in [0.4, 0.5) is 0 Å². The fraction of sp³-hybridized carbons (Fsp3) is 0.278. The van der Waals surface area contributed by atoms with Gasteiger partial charge in [-0.3, -0.25) is 9.78 Å². The molecule has 0 spiro atoms. The third-order valence-electron chi connectivity index (χ3n) is 4.19. The van der Waals surface area contributed by atoms with Gasteiger partial charge < -0.3 is 19.8 Å². The number of carbonyl (C=O) groups is 1. The van der Waals surface area contributed by atoms with Crippen LogP contribution in [0, 0.1) is 0 Å². The predicted octanol–water partition coefficient (Wildman–Crippen LogP) is 1.94. The largest absolute Gasteiger partial charge is 0.475 e.